The third-order valence-electron chi connectivity index (χ3n) is 4.01. The molecule has 0 amide bonds. The van der Waals surface area contributed by atoms with Gasteiger partial charge in [0.05, 0.1) is 12.5 Å². The molecule has 0 fully saturated rings. The Morgan fingerprint density at radius 2 is 1.43 bits per heavy atom. The quantitative estimate of drug-likeness (QED) is 0.511. The molecule has 0 saturated carbocycles. The van der Waals surface area contributed by atoms with Crippen LogP contribution in [0.2, 0.25) is 0 Å². The Kier molecular flexibility index (Phi) is 11.0. The molecule has 0 bridgehead atoms. The van der Waals surface area contributed by atoms with Crippen molar-refractivity contribution >= 4 is 11.9 Å². The number of aryl methyl sites for hydroxylation is 1. The number of allylic oxidation sites excluding steroid dienone is 1. The zero-order valence-electron chi connectivity index (χ0n) is 16.9. The maximum Gasteiger partial charge on any atom is 0.330 e. The normalized spacial score (nSPS) is 10.8. The van der Waals surface area contributed by atoms with Crippen LogP contribution in [0.4, 0.5) is 0 Å². The topological polar surface area (TPSA) is 63.6 Å². The van der Waals surface area contributed by atoms with Crippen LogP contribution in [-0.4, -0.2) is 23.7 Å². The number of carboxylic acid groups (broad SMARTS) is 1. The monoisotopic (exact) mass is 382 g/mol. The van der Waals surface area contributed by atoms with Crippen molar-refractivity contribution in [2.75, 3.05) is 6.61 Å². The second-order valence-corrected chi connectivity index (χ2v) is 6.77. The molecule has 1 N–H and O–H groups in total. The van der Waals surface area contributed by atoms with Crippen molar-refractivity contribution in [3.05, 3.63) is 83.4 Å². The number of carbonyl (C=O) groups is 2. The van der Waals surface area contributed by atoms with E-state index >= 15 is 0 Å². The zero-order chi connectivity index (χ0) is 20.8. The van der Waals surface area contributed by atoms with Crippen LogP contribution in [0.3, 0.4) is 0 Å². The summed E-state index contributed by atoms with van der Waals surface area (Å²) in [5.41, 5.74) is 2.85. The molecular formula is C24H30O4. The van der Waals surface area contributed by atoms with Gasteiger partial charge in [-0.3, -0.25) is 4.79 Å². The maximum atomic E-state index is 11.1. The average Bonchev–Trinajstić information content (AvgIpc) is 2.70. The molecule has 2 aromatic rings. The van der Waals surface area contributed by atoms with Crippen molar-refractivity contribution in [1.82, 2.24) is 0 Å². The second kappa shape index (κ2) is 13.3. The molecule has 4 heteroatoms. The smallest absolute Gasteiger partial charge is 0.330 e. The highest BCUT2D eigenvalue weighted by Gasteiger charge is 2.07. The highest BCUT2D eigenvalue weighted by atomic mass is 16.5. The first kappa shape index (κ1) is 23.2. The summed E-state index contributed by atoms with van der Waals surface area (Å²) in [5, 5.41) is 8.61. The molecule has 0 aliphatic heterocycles. The number of carbonyl (C=O) groups excluding carboxylic acids is 1. The number of hydrogen-bond acceptors (Lipinski definition) is 3. The fourth-order valence-electron chi connectivity index (χ4n) is 2.27. The van der Waals surface area contributed by atoms with Crippen molar-refractivity contribution in [2.24, 2.45) is 5.92 Å². The van der Waals surface area contributed by atoms with Gasteiger partial charge in [0.2, 0.25) is 0 Å². The minimum atomic E-state index is -0.835. The molecule has 0 heterocycles. The lowest BCUT2D eigenvalue weighted by Crippen LogP contribution is -2.13. The zero-order valence-corrected chi connectivity index (χ0v) is 16.9. The molecule has 0 aromatic heterocycles. The summed E-state index contributed by atoms with van der Waals surface area (Å²) in [6.07, 6.45) is 4.22. The molecule has 2 rings (SSSR count). The average molecular weight is 383 g/mol. The lowest BCUT2D eigenvalue weighted by atomic mass is 10.1. The first-order valence-electron chi connectivity index (χ1n) is 9.54. The van der Waals surface area contributed by atoms with E-state index < -0.39 is 5.97 Å². The summed E-state index contributed by atoms with van der Waals surface area (Å²) < 4.78 is 5.07. The molecule has 0 spiro atoms. The van der Waals surface area contributed by atoms with Gasteiger partial charge in [-0.05, 0) is 30.9 Å². The van der Waals surface area contributed by atoms with E-state index in [1.54, 1.807) is 13.0 Å². The van der Waals surface area contributed by atoms with E-state index in [0.717, 1.165) is 19.3 Å². The van der Waals surface area contributed by atoms with Crippen molar-refractivity contribution in [2.45, 2.75) is 40.0 Å². The van der Waals surface area contributed by atoms with E-state index in [1.807, 2.05) is 74.5 Å². The molecule has 150 valence electrons. The minimum Gasteiger partial charge on any atom is -0.478 e. The summed E-state index contributed by atoms with van der Waals surface area (Å²) in [6.45, 7) is 5.77. The maximum absolute atomic E-state index is 11.1. The molecule has 4 nitrogen and oxygen atoms in total. The standard InChI is InChI=1S/C12H16O2.C12H14O2/c1-10(2)12(13)14-9-8-11-6-4-3-5-7-11;1-10(12(13)14)6-5-9-11-7-3-2-4-8-11/h3-7,10H,8-9H2,1-2H3;2-4,6-8H,5,9H2,1H3,(H,13,14). The highest BCUT2D eigenvalue weighted by Crippen LogP contribution is 2.05. The van der Waals surface area contributed by atoms with Crippen LogP contribution in [0.1, 0.15) is 38.3 Å². The number of ether oxygens (including phenoxy) is 1. The van der Waals surface area contributed by atoms with Gasteiger partial charge in [0.25, 0.3) is 0 Å². The van der Waals surface area contributed by atoms with Crippen LogP contribution in [0.25, 0.3) is 0 Å². The molecule has 0 radical (unpaired) electrons. The van der Waals surface area contributed by atoms with Crippen molar-refractivity contribution in [1.29, 1.82) is 0 Å². The first-order chi connectivity index (χ1) is 13.4. The Labute approximate surface area is 167 Å². The molecule has 0 atom stereocenters. The third-order valence-corrected chi connectivity index (χ3v) is 4.01. The number of hydrogen-bond donors (Lipinski definition) is 1. The van der Waals surface area contributed by atoms with Crippen LogP contribution >= 0.6 is 0 Å². The van der Waals surface area contributed by atoms with Crippen molar-refractivity contribution in [3.63, 3.8) is 0 Å². The van der Waals surface area contributed by atoms with Crippen LogP contribution in [0.15, 0.2) is 72.3 Å². The van der Waals surface area contributed by atoms with Gasteiger partial charge in [-0.25, -0.2) is 4.79 Å². The van der Waals surface area contributed by atoms with Crippen LogP contribution in [0, 0.1) is 5.92 Å². The van der Waals surface area contributed by atoms with Crippen molar-refractivity contribution in [3.8, 4) is 0 Å². The minimum absolute atomic E-state index is 0.0363. The van der Waals surface area contributed by atoms with E-state index in [9.17, 15) is 9.59 Å². The Morgan fingerprint density at radius 3 is 1.89 bits per heavy atom. The molecule has 0 saturated heterocycles. The predicted molar refractivity (Wildman–Crippen MR) is 112 cm³/mol. The third kappa shape index (κ3) is 10.3. The number of rotatable bonds is 8. The molecule has 0 unspecified atom stereocenters. The largest absolute Gasteiger partial charge is 0.478 e. The number of carboxylic acids is 1. The van der Waals surface area contributed by atoms with Crippen LogP contribution in [0.5, 0.6) is 0 Å². The lowest BCUT2D eigenvalue weighted by molar-refractivity contribution is -0.147. The summed E-state index contributed by atoms with van der Waals surface area (Å²) >= 11 is 0. The predicted octanol–water partition coefficient (Wildman–Crippen LogP) is 5.08. The summed E-state index contributed by atoms with van der Waals surface area (Å²) in [6, 6.07) is 20.1. The molecule has 2 aromatic carbocycles. The lowest BCUT2D eigenvalue weighted by Gasteiger charge is -2.06. The fourth-order valence-corrected chi connectivity index (χ4v) is 2.27. The van der Waals surface area contributed by atoms with Gasteiger partial charge in [-0.2, -0.15) is 0 Å². The molecular weight excluding hydrogens is 352 g/mol. The van der Waals surface area contributed by atoms with E-state index in [-0.39, 0.29) is 11.9 Å². The van der Waals surface area contributed by atoms with Crippen LogP contribution in [-0.2, 0) is 27.2 Å². The van der Waals surface area contributed by atoms with E-state index in [4.69, 9.17) is 9.84 Å². The van der Waals surface area contributed by atoms with Crippen LogP contribution < -0.4 is 0 Å². The second-order valence-electron chi connectivity index (χ2n) is 6.77. The fraction of sp³-hybridized carbons (Fsp3) is 0.333. The summed E-state index contributed by atoms with van der Waals surface area (Å²) in [4.78, 5) is 21.6. The van der Waals surface area contributed by atoms with E-state index in [0.29, 0.717) is 12.2 Å². The van der Waals surface area contributed by atoms with Gasteiger partial charge < -0.3 is 9.84 Å². The number of benzene rings is 2. The summed E-state index contributed by atoms with van der Waals surface area (Å²) in [5.74, 6) is -0.996. The first-order valence-corrected chi connectivity index (χ1v) is 9.54. The number of aliphatic carboxylic acids is 1. The van der Waals surface area contributed by atoms with Gasteiger partial charge in [0.15, 0.2) is 0 Å². The molecule has 0 aliphatic rings. The Morgan fingerprint density at radius 1 is 0.929 bits per heavy atom. The molecule has 28 heavy (non-hydrogen) atoms. The highest BCUT2D eigenvalue weighted by molar-refractivity contribution is 5.85. The summed E-state index contributed by atoms with van der Waals surface area (Å²) in [7, 11) is 0. The van der Waals surface area contributed by atoms with E-state index in [2.05, 4.69) is 0 Å². The Bertz CT molecular complexity index is 734. The number of esters is 1. The Balaban J connectivity index is 0.000000280. The van der Waals surface area contributed by atoms with Crippen molar-refractivity contribution < 1.29 is 19.4 Å². The van der Waals surface area contributed by atoms with Gasteiger partial charge in [0, 0.05) is 12.0 Å². The van der Waals surface area contributed by atoms with Gasteiger partial charge in [-0.15, -0.1) is 0 Å². The van der Waals surface area contributed by atoms with Gasteiger partial charge in [-0.1, -0.05) is 80.6 Å². The van der Waals surface area contributed by atoms with Gasteiger partial charge >= 0.3 is 11.9 Å². The van der Waals surface area contributed by atoms with Gasteiger partial charge in [0.1, 0.15) is 0 Å². The SMILES string of the molecule is CC(=CCCc1ccccc1)C(=O)O.CC(C)C(=O)OCCc1ccccc1. The Hall–Kier alpha value is -2.88. The molecule has 0 aliphatic carbocycles. The van der Waals surface area contributed by atoms with E-state index in [1.165, 1.54) is 11.1 Å².